The number of halogens is 3. The summed E-state index contributed by atoms with van der Waals surface area (Å²) in [5, 5.41) is 4.78. The number of oxazole rings is 1. The number of likely N-dealkylation sites (tertiary alicyclic amines) is 1. The largest absolute Gasteiger partial charge is 0.443 e. The molecule has 1 fully saturated rings. The molecule has 33 heavy (non-hydrogen) atoms. The second-order valence-electron chi connectivity index (χ2n) is 7.80. The van der Waals surface area contributed by atoms with Gasteiger partial charge in [0.05, 0.1) is 20.7 Å². The highest BCUT2D eigenvalue weighted by Gasteiger charge is 2.29. The SMILES string of the molecule is O=C(c1ncoc1-c1ccc(Cl)cc1)N1CCC(c2nc(-c3ccc(Cl)c(Cl)c3)cs2)CC1. The molecular weight excluding hydrogens is 501 g/mol. The lowest BCUT2D eigenvalue weighted by Crippen LogP contribution is -2.38. The normalized spacial score (nSPS) is 14.6. The summed E-state index contributed by atoms with van der Waals surface area (Å²) in [6, 6.07) is 12.7. The molecule has 0 atom stereocenters. The van der Waals surface area contributed by atoms with Crippen LogP contribution in [0.1, 0.15) is 34.3 Å². The molecule has 9 heteroatoms. The molecule has 0 spiro atoms. The van der Waals surface area contributed by atoms with Crippen molar-refractivity contribution in [2.24, 2.45) is 0 Å². The summed E-state index contributed by atoms with van der Waals surface area (Å²) < 4.78 is 5.53. The summed E-state index contributed by atoms with van der Waals surface area (Å²) in [5.41, 5.74) is 2.93. The molecule has 168 valence electrons. The molecule has 3 heterocycles. The van der Waals surface area contributed by atoms with Gasteiger partial charge in [-0.3, -0.25) is 4.79 Å². The van der Waals surface area contributed by atoms with E-state index in [0.717, 1.165) is 34.7 Å². The van der Waals surface area contributed by atoms with E-state index in [-0.39, 0.29) is 5.91 Å². The zero-order chi connectivity index (χ0) is 22.9. The minimum absolute atomic E-state index is 0.122. The molecule has 4 aromatic rings. The molecule has 2 aromatic heterocycles. The summed E-state index contributed by atoms with van der Waals surface area (Å²) in [7, 11) is 0. The summed E-state index contributed by atoms with van der Waals surface area (Å²) in [6.45, 7) is 1.27. The van der Waals surface area contributed by atoms with Crippen LogP contribution >= 0.6 is 46.1 Å². The number of piperidine rings is 1. The molecule has 0 unspecified atom stereocenters. The first-order chi connectivity index (χ1) is 16.0. The van der Waals surface area contributed by atoms with Gasteiger partial charge in [-0.15, -0.1) is 11.3 Å². The first-order valence-electron chi connectivity index (χ1n) is 10.4. The Balaban J connectivity index is 1.26. The van der Waals surface area contributed by atoms with Crippen LogP contribution in [-0.2, 0) is 0 Å². The van der Waals surface area contributed by atoms with Gasteiger partial charge in [-0.25, -0.2) is 9.97 Å². The van der Waals surface area contributed by atoms with Crippen LogP contribution in [0.25, 0.3) is 22.6 Å². The molecule has 1 aliphatic heterocycles. The lowest BCUT2D eigenvalue weighted by Gasteiger charge is -2.30. The first kappa shape index (κ1) is 22.4. The Hall–Kier alpha value is -2.38. The van der Waals surface area contributed by atoms with Gasteiger partial charge in [-0.2, -0.15) is 0 Å². The molecule has 0 saturated carbocycles. The number of nitrogens with zero attached hydrogens (tertiary/aromatic N) is 3. The molecule has 5 rings (SSSR count). The predicted octanol–water partition coefficient (Wildman–Crippen LogP) is 7.45. The lowest BCUT2D eigenvalue weighted by atomic mass is 9.97. The van der Waals surface area contributed by atoms with Gasteiger partial charge in [-0.05, 0) is 49.2 Å². The molecule has 5 nitrogen and oxygen atoms in total. The number of amides is 1. The highest BCUT2D eigenvalue weighted by atomic mass is 35.5. The van der Waals surface area contributed by atoms with Crippen LogP contribution in [0.5, 0.6) is 0 Å². The Bertz CT molecular complexity index is 1290. The van der Waals surface area contributed by atoms with Gasteiger partial charge in [0.2, 0.25) is 0 Å². The van der Waals surface area contributed by atoms with Crippen molar-refractivity contribution in [1.82, 2.24) is 14.9 Å². The number of carbonyl (C=O) groups excluding carboxylic acids is 1. The third-order valence-electron chi connectivity index (χ3n) is 5.75. The van der Waals surface area contributed by atoms with Crippen molar-refractivity contribution >= 4 is 52.0 Å². The topological polar surface area (TPSA) is 59.2 Å². The van der Waals surface area contributed by atoms with Gasteiger partial charge in [0, 0.05) is 40.5 Å². The standard InChI is InChI=1S/C24H18Cl3N3O2S/c25-17-4-1-14(2-5-17)22-21(28-13-32-22)24(31)30-9-7-15(8-10-30)23-29-20(12-33-23)16-3-6-18(26)19(27)11-16/h1-6,11-13,15H,7-10H2. The van der Waals surface area contributed by atoms with Gasteiger partial charge in [0.1, 0.15) is 0 Å². The summed E-state index contributed by atoms with van der Waals surface area (Å²) in [5.74, 6) is 0.649. The molecule has 0 N–H and O–H groups in total. The summed E-state index contributed by atoms with van der Waals surface area (Å²) in [4.78, 5) is 24.0. The van der Waals surface area contributed by atoms with Gasteiger partial charge >= 0.3 is 0 Å². The third-order valence-corrected chi connectivity index (χ3v) is 7.74. The quantitative estimate of drug-likeness (QED) is 0.281. The van der Waals surface area contributed by atoms with Crippen LogP contribution in [-0.4, -0.2) is 33.9 Å². The van der Waals surface area contributed by atoms with Crippen LogP contribution in [0.3, 0.4) is 0 Å². The highest BCUT2D eigenvalue weighted by molar-refractivity contribution is 7.10. The van der Waals surface area contributed by atoms with Crippen molar-refractivity contribution in [1.29, 1.82) is 0 Å². The van der Waals surface area contributed by atoms with Gasteiger partial charge in [0.15, 0.2) is 17.8 Å². The highest BCUT2D eigenvalue weighted by Crippen LogP contribution is 2.35. The van der Waals surface area contributed by atoms with E-state index in [4.69, 9.17) is 44.2 Å². The number of benzene rings is 2. The van der Waals surface area contributed by atoms with Crippen molar-refractivity contribution in [3.05, 3.63) is 80.0 Å². The monoisotopic (exact) mass is 517 g/mol. The van der Waals surface area contributed by atoms with Crippen molar-refractivity contribution in [2.75, 3.05) is 13.1 Å². The predicted molar refractivity (Wildman–Crippen MR) is 132 cm³/mol. The average Bonchev–Trinajstić information content (AvgIpc) is 3.51. The fraction of sp³-hybridized carbons (Fsp3) is 0.208. The van der Waals surface area contributed by atoms with E-state index >= 15 is 0 Å². The van der Waals surface area contributed by atoms with E-state index in [9.17, 15) is 4.79 Å². The molecule has 2 aromatic carbocycles. The van der Waals surface area contributed by atoms with Crippen LogP contribution in [0.2, 0.25) is 15.1 Å². The molecule has 0 bridgehead atoms. The second kappa shape index (κ2) is 9.47. The van der Waals surface area contributed by atoms with E-state index in [1.165, 1.54) is 6.39 Å². The Morgan fingerprint density at radius 1 is 1.00 bits per heavy atom. The van der Waals surface area contributed by atoms with E-state index in [0.29, 0.717) is 45.5 Å². The Labute approximate surface area is 209 Å². The number of thiazole rings is 1. The zero-order valence-corrected chi connectivity index (χ0v) is 20.4. The molecule has 0 aliphatic carbocycles. The van der Waals surface area contributed by atoms with Crippen molar-refractivity contribution in [2.45, 2.75) is 18.8 Å². The van der Waals surface area contributed by atoms with E-state index in [1.54, 1.807) is 29.5 Å². The van der Waals surface area contributed by atoms with Crippen LogP contribution < -0.4 is 0 Å². The van der Waals surface area contributed by atoms with E-state index in [1.807, 2.05) is 34.5 Å². The Morgan fingerprint density at radius 3 is 2.45 bits per heavy atom. The molecule has 0 radical (unpaired) electrons. The maximum atomic E-state index is 13.2. The Morgan fingerprint density at radius 2 is 1.73 bits per heavy atom. The maximum absolute atomic E-state index is 13.2. The smallest absolute Gasteiger partial charge is 0.276 e. The zero-order valence-electron chi connectivity index (χ0n) is 17.3. The van der Waals surface area contributed by atoms with Crippen molar-refractivity contribution in [3.63, 3.8) is 0 Å². The van der Waals surface area contributed by atoms with Gasteiger partial charge in [0.25, 0.3) is 5.91 Å². The number of aromatic nitrogens is 2. The summed E-state index contributed by atoms with van der Waals surface area (Å²) >= 11 is 19.8. The molecule has 1 saturated heterocycles. The molecule has 1 aliphatic rings. The molecular formula is C24H18Cl3N3O2S. The van der Waals surface area contributed by atoms with Crippen molar-refractivity contribution < 1.29 is 9.21 Å². The second-order valence-corrected chi connectivity index (χ2v) is 9.94. The third kappa shape index (κ3) is 4.66. The maximum Gasteiger partial charge on any atom is 0.276 e. The average molecular weight is 519 g/mol. The number of hydrogen-bond donors (Lipinski definition) is 0. The van der Waals surface area contributed by atoms with Gasteiger partial charge < -0.3 is 9.32 Å². The van der Waals surface area contributed by atoms with Crippen molar-refractivity contribution in [3.8, 4) is 22.6 Å². The van der Waals surface area contributed by atoms with E-state index in [2.05, 4.69) is 4.98 Å². The molecule has 1 amide bonds. The minimum Gasteiger partial charge on any atom is -0.443 e. The minimum atomic E-state index is -0.122. The van der Waals surface area contributed by atoms with Crippen LogP contribution in [0.15, 0.2) is 58.7 Å². The van der Waals surface area contributed by atoms with Gasteiger partial charge in [-0.1, -0.05) is 40.9 Å². The number of rotatable bonds is 4. The van der Waals surface area contributed by atoms with Crippen LogP contribution in [0.4, 0.5) is 0 Å². The lowest BCUT2D eigenvalue weighted by molar-refractivity contribution is 0.0708. The summed E-state index contributed by atoms with van der Waals surface area (Å²) in [6.07, 6.45) is 2.99. The fourth-order valence-corrected chi connectivity index (χ4v) is 5.37. The number of carbonyl (C=O) groups is 1. The van der Waals surface area contributed by atoms with E-state index < -0.39 is 0 Å². The first-order valence-corrected chi connectivity index (χ1v) is 12.4. The van der Waals surface area contributed by atoms with Crippen LogP contribution in [0, 0.1) is 0 Å². The Kier molecular flexibility index (Phi) is 6.43. The fourth-order valence-electron chi connectivity index (χ4n) is 3.95. The number of hydrogen-bond acceptors (Lipinski definition) is 5.